The summed E-state index contributed by atoms with van der Waals surface area (Å²) < 4.78 is 1.18. The van der Waals surface area contributed by atoms with Crippen LogP contribution in [0.15, 0.2) is 8.57 Å². The Hall–Kier alpha value is 0.950. The Kier molecular flexibility index (Phi) is 3.58. The second kappa shape index (κ2) is 3.20. The molecular formula is C6H10BrI. The largest absolute Gasteiger partial charge is 0.0587 e. The maximum atomic E-state index is 3.36. The van der Waals surface area contributed by atoms with Gasteiger partial charge in [-0.1, -0.05) is 26.8 Å². The van der Waals surface area contributed by atoms with E-state index in [9.17, 15) is 0 Å². The van der Waals surface area contributed by atoms with Gasteiger partial charge < -0.3 is 0 Å². The van der Waals surface area contributed by atoms with Gasteiger partial charge in [0, 0.05) is 0 Å². The Bertz CT molecular complexity index is 95.6. The normalized spacial score (nSPS) is 14.4. The molecule has 0 aliphatic rings. The molecular weight excluding hydrogens is 279 g/mol. The van der Waals surface area contributed by atoms with Gasteiger partial charge in [0.25, 0.3) is 0 Å². The van der Waals surface area contributed by atoms with Gasteiger partial charge in [0.2, 0.25) is 0 Å². The Morgan fingerprint density at radius 1 is 1.50 bits per heavy atom. The maximum absolute atomic E-state index is 3.36. The van der Waals surface area contributed by atoms with E-state index in [-0.39, 0.29) is 0 Å². The molecule has 0 radical (unpaired) electrons. The van der Waals surface area contributed by atoms with Crippen molar-refractivity contribution >= 4 is 38.5 Å². The highest BCUT2D eigenvalue weighted by molar-refractivity contribution is 14.1. The number of hydrogen-bond acceptors (Lipinski definition) is 0. The Labute approximate surface area is 73.0 Å². The molecule has 0 saturated carbocycles. The van der Waals surface area contributed by atoms with Crippen LogP contribution in [0.5, 0.6) is 0 Å². The van der Waals surface area contributed by atoms with Crippen LogP contribution in [-0.2, 0) is 0 Å². The van der Waals surface area contributed by atoms with Crippen LogP contribution in [0, 0.1) is 5.41 Å². The van der Waals surface area contributed by atoms with Gasteiger partial charge in [-0.25, -0.2) is 0 Å². The molecule has 0 aliphatic carbocycles. The molecule has 0 spiro atoms. The number of rotatable bonds is 0. The Morgan fingerprint density at radius 3 is 1.88 bits per heavy atom. The molecule has 0 unspecified atom stereocenters. The first-order chi connectivity index (χ1) is 3.42. The van der Waals surface area contributed by atoms with E-state index in [1.54, 1.807) is 0 Å². The molecule has 8 heavy (non-hydrogen) atoms. The molecule has 0 bridgehead atoms. The fourth-order valence-electron chi connectivity index (χ4n) is 0.327. The molecule has 0 atom stereocenters. The molecule has 0 N–H and O–H groups in total. The molecule has 0 aromatic heterocycles. The lowest BCUT2D eigenvalue weighted by Crippen LogP contribution is -1.97. The SMILES string of the molecule is CC(C)(C)C=C(Br)I. The summed E-state index contributed by atoms with van der Waals surface area (Å²) in [6.45, 7) is 6.52. The number of halogens is 2. The van der Waals surface area contributed by atoms with E-state index in [0.717, 1.165) is 0 Å². The molecule has 0 aromatic rings. The van der Waals surface area contributed by atoms with E-state index >= 15 is 0 Å². The predicted octanol–water partition coefficient (Wildman–Crippen LogP) is 3.70. The van der Waals surface area contributed by atoms with Crippen molar-refractivity contribution in [1.29, 1.82) is 0 Å². The third-order valence-electron chi connectivity index (χ3n) is 0.542. The zero-order valence-electron chi connectivity index (χ0n) is 5.33. The first-order valence-corrected chi connectivity index (χ1v) is 4.33. The van der Waals surface area contributed by atoms with Gasteiger partial charge in [-0.3, -0.25) is 0 Å². The van der Waals surface area contributed by atoms with Gasteiger partial charge >= 0.3 is 0 Å². The summed E-state index contributed by atoms with van der Waals surface area (Å²) in [5.74, 6) is 0. The highest BCUT2D eigenvalue weighted by Gasteiger charge is 2.04. The van der Waals surface area contributed by atoms with Crippen LogP contribution in [0.3, 0.4) is 0 Å². The standard InChI is InChI=1S/C6H10BrI/c1-6(2,3)4-5(7)8/h4H,1-3H3. The van der Waals surface area contributed by atoms with Crippen molar-refractivity contribution in [3.05, 3.63) is 8.57 Å². The van der Waals surface area contributed by atoms with Gasteiger partial charge in [-0.15, -0.1) is 0 Å². The van der Waals surface area contributed by atoms with Crippen LogP contribution in [0.2, 0.25) is 0 Å². The van der Waals surface area contributed by atoms with Crippen LogP contribution in [0.25, 0.3) is 0 Å². The van der Waals surface area contributed by atoms with Gasteiger partial charge in [0.1, 0.15) is 0 Å². The van der Waals surface area contributed by atoms with Crippen molar-refractivity contribution in [2.45, 2.75) is 20.8 Å². The minimum Gasteiger partial charge on any atom is -0.0587 e. The predicted molar refractivity (Wildman–Crippen MR) is 50.5 cm³/mol. The lowest BCUT2D eigenvalue weighted by molar-refractivity contribution is 0.545. The van der Waals surface area contributed by atoms with Crippen LogP contribution in [0.1, 0.15) is 20.8 Å². The molecule has 48 valence electrons. The van der Waals surface area contributed by atoms with Gasteiger partial charge in [-0.05, 0) is 43.9 Å². The van der Waals surface area contributed by atoms with E-state index in [0.29, 0.717) is 5.41 Å². The number of hydrogen-bond donors (Lipinski definition) is 0. The van der Waals surface area contributed by atoms with Crippen molar-refractivity contribution in [1.82, 2.24) is 0 Å². The average Bonchev–Trinajstić information content (AvgIpc) is 1.21. The molecule has 0 rings (SSSR count). The van der Waals surface area contributed by atoms with Gasteiger partial charge in [-0.2, -0.15) is 0 Å². The monoisotopic (exact) mass is 288 g/mol. The van der Waals surface area contributed by atoms with Crippen molar-refractivity contribution in [2.24, 2.45) is 5.41 Å². The van der Waals surface area contributed by atoms with Crippen LogP contribution < -0.4 is 0 Å². The van der Waals surface area contributed by atoms with Crippen molar-refractivity contribution < 1.29 is 0 Å². The summed E-state index contributed by atoms with van der Waals surface area (Å²) in [6.07, 6.45) is 2.17. The third kappa shape index (κ3) is 6.95. The summed E-state index contributed by atoms with van der Waals surface area (Å²) in [4.78, 5) is 0. The smallest absolute Gasteiger partial charge is 0.0524 e. The zero-order valence-corrected chi connectivity index (χ0v) is 9.08. The second-order valence-electron chi connectivity index (χ2n) is 2.80. The summed E-state index contributed by atoms with van der Waals surface area (Å²) in [7, 11) is 0. The summed E-state index contributed by atoms with van der Waals surface area (Å²) in [5.41, 5.74) is 0.306. The molecule has 0 aromatic carbocycles. The fraction of sp³-hybridized carbons (Fsp3) is 0.667. The van der Waals surface area contributed by atoms with Crippen molar-refractivity contribution in [3.63, 3.8) is 0 Å². The van der Waals surface area contributed by atoms with Gasteiger partial charge in [0.15, 0.2) is 0 Å². The third-order valence-corrected chi connectivity index (χ3v) is 1.08. The highest BCUT2D eigenvalue weighted by Crippen LogP contribution is 2.24. The van der Waals surface area contributed by atoms with E-state index in [1.165, 1.54) is 2.49 Å². The fourth-order valence-corrected chi connectivity index (χ4v) is 1.95. The van der Waals surface area contributed by atoms with Crippen LogP contribution in [-0.4, -0.2) is 0 Å². The summed E-state index contributed by atoms with van der Waals surface area (Å²) >= 11 is 5.60. The van der Waals surface area contributed by atoms with Crippen molar-refractivity contribution in [3.8, 4) is 0 Å². The van der Waals surface area contributed by atoms with E-state index < -0.39 is 0 Å². The second-order valence-corrected chi connectivity index (χ2v) is 6.30. The van der Waals surface area contributed by atoms with Crippen LogP contribution in [0.4, 0.5) is 0 Å². The lowest BCUT2D eigenvalue weighted by atomic mass is 9.98. The van der Waals surface area contributed by atoms with Gasteiger partial charge in [0.05, 0.1) is 2.49 Å². The van der Waals surface area contributed by atoms with Crippen LogP contribution >= 0.6 is 38.5 Å². The summed E-state index contributed by atoms with van der Waals surface area (Å²) in [5, 5.41) is 0. The maximum Gasteiger partial charge on any atom is 0.0524 e. The minimum absolute atomic E-state index is 0.306. The zero-order chi connectivity index (χ0) is 6.78. The molecule has 0 aliphatic heterocycles. The molecule has 0 heterocycles. The quantitative estimate of drug-likeness (QED) is 0.596. The Morgan fingerprint density at radius 2 is 1.88 bits per heavy atom. The Balaban J connectivity index is 3.89. The molecule has 0 amide bonds. The van der Waals surface area contributed by atoms with E-state index in [4.69, 9.17) is 0 Å². The van der Waals surface area contributed by atoms with E-state index in [2.05, 4.69) is 65.4 Å². The summed E-state index contributed by atoms with van der Waals surface area (Å²) in [6, 6.07) is 0. The molecule has 2 heteroatoms. The average molecular weight is 289 g/mol. The minimum atomic E-state index is 0.306. The molecule has 0 saturated heterocycles. The molecule has 0 nitrogen and oxygen atoms in total. The topological polar surface area (TPSA) is 0 Å². The van der Waals surface area contributed by atoms with E-state index in [1.807, 2.05) is 0 Å². The first-order valence-electron chi connectivity index (χ1n) is 2.46. The number of allylic oxidation sites excluding steroid dienone is 1. The lowest BCUT2D eigenvalue weighted by Gasteiger charge is -2.10. The first kappa shape index (κ1) is 8.95. The van der Waals surface area contributed by atoms with Crippen molar-refractivity contribution in [2.75, 3.05) is 0 Å². The molecule has 0 fully saturated rings. The highest BCUT2D eigenvalue weighted by atomic mass is 127.